The molecule has 5 rings (SSSR count). The molecular formula is C29H34Cl2N7O2+. The molecule has 1 amide bonds. The maximum atomic E-state index is 12.9. The van der Waals surface area contributed by atoms with Crippen molar-refractivity contribution in [2.45, 2.75) is 25.9 Å². The molecule has 0 unspecified atom stereocenters. The minimum absolute atomic E-state index is 0.148. The van der Waals surface area contributed by atoms with E-state index in [9.17, 15) is 4.79 Å². The molecule has 4 heterocycles. The lowest BCUT2D eigenvalue weighted by molar-refractivity contribution is -0.136. The van der Waals surface area contributed by atoms with Crippen LogP contribution in [0.3, 0.4) is 0 Å². The summed E-state index contributed by atoms with van der Waals surface area (Å²) in [6.07, 6.45) is 6.25. The highest BCUT2D eigenvalue weighted by molar-refractivity contribution is 6.35. The first-order valence-electron chi connectivity index (χ1n) is 13.5. The van der Waals surface area contributed by atoms with E-state index in [0.29, 0.717) is 51.4 Å². The molecule has 2 saturated heterocycles. The van der Waals surface area contributed by atoms with E-state index in [-0.39, 0.29) is 11.8 Å². The molecule has 2 aliphatic heterocycles. The number of anilines is 2. The van der Waals surface area contributed by atoms with Gasteiger partial charge in [-0.15, -0.1) is 0 Å². The Bertz CT molecular complexity index is 1350. The summed E-state index contributed by atoms with van der Waals surface area (Å²) in [5.41, 5.74) is 9.36. The number of piperidine rings is 1. The fourth-order valence-corrected chi connectivity index (χ4v) is 5.96. The second kappa shape index (κ2) is 12.4. The van der Waals surface area contributed by atoms with Crippen LogP contribution in [0.15, 0.2) is 48.9 Å². The average molecular weight is 584 g/mol. The number of ether oxygens (including phenoxy) is 1. The molecule has 2 aromatic heterocycles. The van der Waals surface area contributed by atoms with Crippen molar-refractivity contribution in [1.29, 1.82) is 0 Å². The summed E-state index contributed by atoms with van der Waals surface area (Å²) in [6.45, 7) is 6.61. The number of aromatic nitrogens is 2. The Kier molecular flexibility index (Phi) is 8.73. The van der Waals surface area contributed by atoms with Gasteiger partial charge in [-0.05, 0) is 63.2 Å². The van der Waals surface area contributed by atoms with Crippen LogP contribution in [0.1, 0.15) is 42.6 Å². The molecule has 0 spiro atoms. The Morgan fingerprint density at radius 2 is 1.77 bits per heavy atom. The van der Waals surface area contributed by atoms with Gasteiger partial charge in [-0.3, -0.25) is 15.2 Å². The number of nitrogens with zero attached hydrogens (tertiary/aromatic N) is 4. The van der Waals surface area contributed by atoms with E-state index in [0.717, 1.165) is 50.4 Å². The normalized spacial score (nSPS) is 17.0. The SMILES string of the molecule is C[C@@H](Oc1ccc(N)c(C(=[NH2+])c2ccc(N3CCN(C(=O)C4CCNCC4)CC3)nc2)c1)c1c(Cl)cncc1Cl. The number of carbonyl (C=O) groups excluding carboxylic acids is 1. The molecule has 0 saturated carbocycles. The molecule has 0 radical (unpaired) electrons. The molecule has 11 heteroatoms. The number of amides is 1. The smallest absolute Gasteiger partial charge is 0.225 e. The van der Waals surface area contributed by atoms with Gasteiger partial charge in [-0.25, -0.2) is 4.98 Å². The van der Waals surface area contributed by atoms with Crippen LogP contribution in [0, 0.1) is 5.92 Å². The van der Waals surface area contributed by atoms with Crippen LogP contribution in [-0.2, 0) is 4.79 Å². The highest BCUT2D eigenvalue weighted by atomic mass is 35.5. The molecule has 9 nitrogen and oxygen atoms in total. The van der Waals surface area contributed by atoms with Crippen LogP contribution in [0.4, 0.5) is 11.5 Å². The molecule has 0 aliphatic carbocycles. The van der Waals surface area contributed by atoms with Crippen molar-refractivity contribution in [1.82, 2.24) is 20.2 Å². The van der Waals surface area contributed by atoms with Gasteiger partial charge in [-0.2, -0.15) is 0 Å². The standard InChI is InChI=1S/C29H33Cl2N7O2/c1-18(27-23(30)16-35-17-24(27)31)40-21-3-4-25(32)22(14-21)28(33)20-2-5-26(36-15-20)37-10-12-38(13-11-37)29(39)19-6-8-34-9-7-19/h2-5,14-19,33-34H,6-13,32H2,1H3/p+1/t18-/m1/s1. The number of carbonyl (C=O) groups is 1. The number of rotatable bonds is 7. The van der Waals surface area contributed by atoms with E-state index in [4.69, 9.17) is 39.1 Å². The second-order valence-corrected chi connectivity index (χ2v) is 11.0. The van der Waals surface area contributed by atoms with Gasteiger partial charge >= 0.3 is 0 Å². The van der Waals surface area contributed by atoms with Crippen molar-refractivity contribution in [2.24, 2.45) is 5.92 Å². The van der Waals surface area contributed by atoms with Crippen LogP contribution in [0.25, 0.3) is 0 Å². The summed E-state index contributed by atoms with van der Waals surface area (Å²) in [5, 5.41) is 10.7. The summed E-state index contributed by atoms with van der Waals surface area (Å²) < 4.78 is 6.13. The number of hydrogen-bond acceptors (Lipinski definition) is 7. The third-order valence-corrected chi connectivity index (χ3v) is 8.19. The summed E-state index contributed by atoms with van der Waals surface area (Å²) >= 11 is 12.6. The number of pyridine rings is 2. The Morgan fingerprint density at radius 3 is 2.42 bits per heavy atom. The first-order chi connectivity index (χ1) is 19.3. The predicted octanol–water partition coefficient (Wildman–Crippen LogP) is 2.75. The quantitative estimate of drug-likeness (QED) is 0.289. The summed E-state index contributed by atoms with van der Waals surface area (Å²) in [7, 11) is 0. The molecule has 0 bridgehead atoms. The van der Waals surface area contributed by atoms with Gasteiger partial charge in [0.25, 0.3) is 0 Å². The zero-order chi connectivity index (χ0) is 28.2. The molecular weight excluding hydrogens is 549 g/mol. The number of nitrogens with two attached hydrogens (primary N) is 2. The minimum atomic E-state index is -0.419. The minimum Gasteiger partial charge on any atom is -0.486 e. The van der Waals surface area contributed by atoms with Crippen molar-refractivity contribution in [3.63, 3.8) is 0 Å². The average Bonchev–Trinajstić information content (AvgIpc) is 2.98. The van der Waals surface area contributed by atoms with Crippen molar-refractivity contribution >= 4 is 46.3 Å². The lowest BCUT2D eigenvalue weighted by Gasteiger charge is -2.37. The number of hydrogen-bond donors (Lipinski definition) is 3. The second-order valence-electron chi connectivity index (χ2n) is 10.2. The molecule has 210 valence electrons. The molecule has 2 fully saturated rings. The lowest BCUT2D eigenvalue weighted by atomic mass is 9.96. The predicted molar refractivity (Wildman–Crippen MR) is 158 cm³/mol. The molecule has 5 N–H and O–H groups in total. The number of nitrogens with one attached hydrogen (secondary N) is 1. The van der Waals surface area contributed by atoms with Gasteiger partial charge < -0.3 is 25.6 Å². The largest absolute Gasteiger partial charge is 0.486 e. The zero-order valence-electron chi connectivity index (χ0n) is 22.4. The van der Waals surface area contributed by atoms with E-state index >= 15 is 0 Å². The van der Waals surface area contributed by atoms with Gasteiger partial charge in [0.05, 0.1) is 21.2 Å². The van der Waals surface area contributed by atoms with Gasteiger partial charge in [0, 0.05) is 61.9 Å². The van der Waals surface area contributed by atoms with Crippen molar-refractivity contribution in [3.05, 3.63) is 75.7 Å². The summed E-state index contributed by atoms with van der Waals surface area (Å²) in [4.78, 5) is 25.8. The topological polar surface area (TPSA) is 122 Å². The molecule has 40 heavy (non-hydrogen) atoms. The van der Waals surface area contributed by atoms with Gasteiger partial charge in [-0.1, -0.05) is 23.2 Å². The fraction of sp³-hybridized carbons (Fsp3) is 0.379. The van der Waals surface area contributed by atoms with E-state index in [1.165, 1.54) is 12.4 Å². The number of halogens is 2. The number of piperazine rings is 1. The Labute approximate surface area is 244 Å². The maximum Gasteiger partial charge on any atom is 0.225 e. The van der Waals surface area contributed by atoms with E-state index in [2.05, 4.69) is 20.2 Å². The third kappa shape index (κ3) is 6.16. The van der Waals surface area contributed by atoms with Crippen LogP contribution in [0.5, 0.6) is 5.75 Å². The Hall–Kier alpha value is -3.40. The zero-order valence-corrected chi connectivity index (χ0v) is 24.0. The highest BCUT2D eigenvalue weighted by Crippen LogP contribution is 2.33. The van der Waals surface area contributed by atoms with Crippen LogP contribution < -0.4 is 26.1 Å². The maximum absolute atomic E-state index is 12.9. The number of benzene rings is 1. The van der Waals surface area contributed by atoms with Crippen LogP contribution in [0.2, 0.25) is 10.0 Å². The molecule has 2 aliphatic rings. The van der Waals surface area contributed by atoms with Gasteiger partial charge in [0.15, 0.2) is 0 Å². The molecule has 3 aromatic rings. The summed E-state index contributed by atoms with van der Waals surface area (Å²) in [5.74, 6) is 1.87. The summed E-state index contributed by atoms with van der Waals surface area (Å²) in [6, 6.07) is 9.24. The lowest BCUT2D eigenvalue weighted by Crippen LogP contribution is -2.51. The van der Waals surface area contributed by atoms with Gasteiger partial charge in [0.1, 0.15) is 17.7 Å². The van der Waals surface area contributed by atoms with Crippen molar-refractivity contribution < 1.29 is 14.9 Å². The Balaban J connectivity index is 1.23. The van der Waals surface area contributed by atoms with Crippen LogP contribution >= 0.6 is 23.2 Å². The van der Waals surface area contributed by atoms with Crippen molar-refractivity contribution in [2.75, 3.05) is 49.9 Å². The molecule has 1 atom stereocenters. The third-order valence-electron chi connectivity index (χ3n) is 7.59. The van der Waals surface area contributed by atoms with E-state index in [1.54, 1.807) is 24.4 Å². The Morgan fingerprint density at radius 1 is 1.07 bits per heavy atom. The van der Waals surface area contributed by atoms with Crippen molar-refractivity contribution in [3.8, 4) is 5.75 Å². The number of nitrogen functional groups attached to an aromatic ring is 1. The van der Waals surface area contributed by atoms with Crippen LogP contribution in [-0.4, -0.2) is 65.8 Å². The van der Waals surface area contributed by atoms with E-state index < -0.39 is 6.10 Å². The van der Waals surface area contributed by atoms with E-state index in [1.807, 2.05) is 24.0 Å². The highest BCUT2D eigenvalue weighted by Gasteiger charge is 2.29. The van der Waals surface area contributed by atoms with Gasteiger partial charge in [0.2, 0.25) is 11.6 Å². The fourth-order valence-electron chi connectivity index (χ4n) is 5.29. The first kappa shape index (κ1) is 28.1. The molecule has 1 aromatic carbocycles. The first-order valence-corrected chi connectivity index (χ1v) is 14.3. The monoisotopic (exact) mass is 582 g/mol.